The first-order valence-electron chi connectivity index (χ1n) is 10.0. The largest absolute Gasteiger partial charge is 0.483 e. The first-order chi connectivity index (χ1) is 15.3. The van der Waals surface area contributed by atoms with Crippen LogP contribution in [0.1, 0.15) is 37.0 Å². The summed E-state index contributed by atoms with van der Waals surface area (Å²) in [4.78, 5) is 12.1. The van der Waals surface area contributed by atoms with Gasteiger partial charge in [-0.1, -0.05) is 42.8 Å². The van der Waals surface area contributed by atoms with Crippen LogP contribution in [0.4, 0.5) is 13.2 Å². The average Bonchev–Trinajstić information content (AvgIpc) is 3.15. The molecule has 0 spiro atoms. The Bertz CT molecular complexity index is 1100. The zero-order valence-electron chi connectivity index (χ0n) is 17.5. The van der Waals surface area contributed by atoms with E-state index < -0.39 is 29.2 Å². The minimum absolute atomic E-state index is 0.150. The van der Waals surface area contributed by atoms with Crippen LogP contribution in [0, 0.1) is 17.5 Å². The molecule has 0 bridgehead atoms. The Hall–Kier alpha value is -2.58. The van der Waals surface area contributed by atoms with E-state index in [1.54, 1.807) is 6.92 Å². The maximum Gasteiger partial charge on any atom is 0.306 e. The Morgan fingerprint density at radius 1 is 1.12 bits per heavy atom. The predicted octanol–water partition coefficient (Wildman–Crippen LogP) is 6.52. The van der Waals surface area contributed by atoms with Crippen molar-refractivity contribution in [2.45, 2.75) is 39.7 Å². The maximum absolute atomic E-state index is 14.5. The number of nitrogens with zero attached hydrogens (tertiary/aromatic N) is 1. The molecule has 0 saturated carbocycles. The third kappa shape index (κ3) is 5.42. The number of aromatic nitrogens is 1. The Morgan fingerprint density at radius 2 is 1.84 bits per heavy atom. The molecule has 0 unspecified atom stereocenters. The van der Waals surface area contributed by atoms with Gasteiger partial charge in [0, 0.05) is 12.0 Å². The number of halogens is 4. The van der Waals surface area contributed by atoms with Gasteiger partial charge in [0.25, 0.3) is 0 Å². The summed E-state index contributed by atoms with van der Waals surface area (Å²) in [6.45, 7) is 3.55. The topological polar surface area (TPSA) is 48.4 Å². The Balaban J connectivity index is 1.79. The fourth-order valence-corrected chi connectivity index (χ4v) is 4.19. The van der Waals surface area contributed by atoms with Crippen LogP contribution in [0.2, 0.25) is 5.15 Å². The molecular weight excluding hydrogens is 463 g/mol. The lowest BCUT2D eigenvalue weighted by Gasteiger charge is -2.12. The quantitative estimate of drug-likeness (QED) is 0.257. The van der Waals surface area contributed by atoms with Crippen molar-refractivity contribution in [3.05, 3.63) is 69.6 Å². The SMILES string of the molecule is CCOC(=O)CCc1cc(F)c(OCc2c(Cl)nsc2-c2ccc(CC)cc2)c(F)c1F. The van der Waals surface area contributed by atoms with Crippen molar-refractivity contribution in [3.63, 3.8) is 0 Å². The fraction of sp³-hybridized carbons (Fsp3) is 0.304. The van der Waals surface area contributed by atoms with E-state index in [4.69, 9.17) is 21.1 Å². The molecule has 0 aliphatic carbocycles. The molecule has 0 amide bonds. The van der Waals surface area contributed by atoms with E-state index in [1.807, 2.05) is 31.2 Å². The monoisotopic (exact) mass is 483 g/mol. The van der Waals surface area contributed by atoms with E-state index >= 15 is 0 Å². The lowest BCUT2D eigenvalue weighted by atomic mass is 10.1. The molecule has 0 aliphatic heterocycles. The highest BCUT2D eigenvalue weighted by atomic mass is 35.5. The summed E-state index contributed by atoms with van der Waals surface area (Å²) in [7, 11) is 0. The molecule has 0 radical (unpaired) electrons. The highest BCUT2D eigenvalue weighted by Crippen LogP contribution is 2.35. The third-order valence-electron chi connectivity index (χ3n) is 4.82. The summed E-state index contributed by atoms with van der Waals surface area (Å²) < 4.78 is 57.6. The number of rotatable bonds is 9. The van der Waals surface area contributed by atoms with Gasteiger partial charge in [-0.15, -0.1) is 0 Å². The van der Waals surface area contributed by atoms with Crippen LogP contribution in [-0.2, 0) is 29.0 Å². The van der Waals surface area contributed by atoms with Gasteiger partial charge < -0.3 is 9.47 Å². The third-order valence-corrected chi connectivity index (χ3v) is 6.17. The zero-order valence-corrected chi connectivity index (χ0v) is 19.1. The number of benzene rings is 2. The molecule has 1 heterocycles. The molecular formula is C23H21ClF3NO3S. The standard InChI is InChI=1S/C23H21ClF3NO3S/c1-3-13-5-7-14(8-6-13)22-16(23(24)28-32-22)12-31-21-17(25)11-15(19(26)20(21)27)9-10-18(29)30-4-2/h5-8,11H,3-4,9-10,12H2,1-2H3. The van der Waals surface area contributed by atoms with Gasteiger partial charge in [0.05, 0.1) is 11.5 Å². The lowest BCUT2D eigenvalue weighted by Crippen LogP contribution is -2.08. The minimum Gasteiger partial charge on any atom is -0.483 e. The van der Waals surface area contributed by atoms with Crippen molar-refractivity contribution in [2.75, 3.05) is 6.61 Å². The number of carbonyl (C=O) groups is 1. The van der Waals surface area contributed by atoms with Gasteiger partial charge in [0.15, 0.2) is 17.4 Å². The molecule has 32 heavy (non-hydrogen) atoms. The molecule has 3 rings (SSSR count). The number of hydrogen-bond acceptors (Lipinski definition) is 5. The van der Waals surface area contributed by atoms with Gasteiger partial charge in [-0.3, -0.25) is 4.79 Å². The van der Waals surface area contributed by atoms with Crippen LogP contribution >= 0.6 is 23.1 Å². The number of hydrogen-bond donors (Lipinski definition) is 0. The summed E-state index contributed by atoms with van der Waals surface area (Å²) in [6.07, 6.45) is 0.497. The zero-order chi connectivity index (χ0) is 23.3. The Kier molecular flexibility index (Phi) is 8.15. The van der Waals surface area contributed by atoms with Gasteiger partial charge in [-0.25, -0.2) is 8.78 Å². The predicted molar refractivity (Wildman–Crippen MR) is 118 cm³/mol. The average molecular weight is 484 g/mol. The van der Waals surface area contributed by atoms with Crippen molar-refractivity contribution in [3.8, 4) is 16.2 Å². The summed E-state index contributed by atoms with van der Waals surface area (Å²) in [5.41, 5.74) is 2.18. The van der Waals surface area contributed by atoms with Gasteiger partial charge in [0.2, 0.25) is 5.82 Å². The van der Waals surface area contributed by atoms with Gasteiger partial charge in [0.1, 0.15) is 11.8 Å². The first kappa shape index (κ1) is 24.1. The Morgan fingerprint density at radius 3 is 2.50 bits per heavy atom. The Labute approximate surface area is 193 Å². The molecule has 0 atom stereocenters. The first-order valence-corrected chi connectivity index (χ1v) is 11.2. The van der Waals surface area contributed by atoms with E-state index in [-0.39, 0.29) is 36.8 Å². The second kappa shape index (κ2) is 10.8. The maximum atomic E-state index is 14.5. The number of esters is 1. The molecule has 0 fully saturated rings. The van der Waals surface area contributed by atoms with Crippen LogP contribution in [0.5, 0.6) is 5.75 Å². The minimum atomic E-state index is -1.46. The van der Waals surface area contributed by atoms with E-state index in [0.717, 1.165) is 35.1 Å². The summed E-state index contributed by atoms with van der Waals surface area (Å²) in [5, 5.41) is 0.150. The molecule has 0 N–H and O–H groups in total. The van der Waals surface area contributed by atoms with Crippen LogP contribution in [-0.4, -0.2) is 16.9 Å². The van der Waals surface area contributed by atoms with Crippen molar-refractivity contribution in [1.82, 2.24) is 4.37 Å². The molecule has 4 nitrogen and oxygen atoms in total. The summed E-state index contributed by atoms with van der Waals surface area (Å²) >= 11 is 7.30. The van der Waals surface area contributed by atoms with E-state index in [0.29, 0.717) is 10.4 Å². The molecule has 0 saturated heterocycles. The molecule has 170 valence electrons. The smallest absolute Gasteiger partial charge is 0.306 e. The van der Waals surface area contributed by atoms with Gasteiger partial charge in [-0.2, -0.15) is 8.76 Å². The van der Waals surface area contributed by atoms with Crippen LogP contribution < -0.4 is 4.74 Å². The van der Waals surface area contributed by atoms with Crippen LogP contribution in [0.25, 0.3) is 10.4 Å². The van der Waals surface area contributed by atoms with E-state index in [1.165, 1.54) is 0 Å². The second-order valence-electron chi connectivity index (χ2n) is 6.90. The normalized spacial score (nSPS) is 10.9. The number of ether oxygens (including phenoxy) is 2. The van der Waals surface area contributed by atoms with Crippen LogP contribution in [0.15, 0.2) is 30.3 Å². The fourth-order valence-electron chi connectivity index (χ4n) is 3.09. The highest BCUT2D eigenvalue weighted by Gasteiger charge is 2.22. The highest BCUT2D eigenvalue weighted by molar-refractivity contribution is 7.10. The van der Waals surface area contributed by atoms with E-state index in [9.17, 15) is 18.0 Å². The molecule has 3 aromatic rings. The van der Waals surface area contributed by atoms with Crippen molar-refractivity contribution in [1.29, 1.82) is 0 Å². The second-order valence-corrected chi connectivity index (χ2v) is 8.03. The summed E-state index contributed by atoms with van der Waals surface area (Å²) in [6, 6.07) is 8.58. The summed E-state index contributed by atoms with van der Waals surface area (Å²) in [5.74, 6) is -5.23. The van der Waals surface area contributed by atoms with Crippen molar-refractivity contribution >= 4 is 29.1 Å². The lowest BCUT2D eigenvalue weighted by molar-refractivity contribution is -0.143. The molecule has 1 aromatic heterocycles. The van der Waals surface area contributed by atoms with E-state index in [2.05, 4.69) is 4.37 Å². The number of aryl methyl sites for hydroxylation is 2. The van der Waals surface area contributed by atoms with Crippen molar-refractivity contribution in [2.24, 2.45) is 0 Å². The van der Waals surface area contributed by atoms with Gasteiger partial charge >= 0.3 is 5.97 Å². The number of carbonyl (C=O) groups excluding carboxylic acids is 1. The van der Waals surface area contributed by atoms with Crippen molar-refractivity contribution < 1.29 is 27.4 Å². The molecule has 0 aliphatic rings. The van der Waals surface area contributed by atoms with Gasteiger partial charge in [-0.05, 0) is 54.1 Å². The molecule has 2 aromatic carbocycles. The van der Waals surface area contributed by atoms with Crippen LogP contribution in [0.3, 0.4) is 0 Å². The molecule has 9 heteroatoms.